The number of halogens is 1. The van der Waals surface area contributed by atoms with Crippen LogP contribution in [0.1, 0.15) is 20.7 Å². The summed E-state index contributed by atoms with van der Waals surface area (Å²) >= 11 is 5.84. The molecule has 0 bridgehead atoms. The fourth-order valence-corrected chi connectivity index (χ4v) is 2.50. The van der Waals surface area contributed by atoms with E-state index in [-0.39, 0.29) is 17.9 Å². The van der Waals surface area contributed by atoms with Gasteiger partial charge in [0.05, 0.1) is 17.8 Å². The average molecular weight is 303 g/mol. The molecule has 0 saturated carbocycles. The summed E-state index contributed by atoms with van der Waals surface area (Å²) in [4.78, 5) is 37.3. The van der Waals surface area contributed by atoms with E-state index in [1.54, 1.807) is 42.2 Å². The highest BCUT2D eigenvalue weighted by atomic mass is 35.5. The Kier molecular flexibility index (Phi) is 3.14. The number of ketones is 2. The normalized spacial score (nSPS) is 13.7. The fourth-order valence-electron chi connectivity index (χ4n) is 2.33. The number of aromatic nitrogens is 1. The number of fused-ring (bicyclic) bond motifs is 1. The van der Waals surface area contributed by atoms with Gasteiger partial charge in [0.25, 0.3) is 11.7 Å². The maximum Gasteiger partial charge on any atom is 0.299 e. The summed E-state index contributed by atoms with van der Waals surface area (Å²) in [5, 5.41) is 0.381. The molecule has 0 atom stereocenters. The number of anilines is 1. The van der Waals surface area contributed by atoms with Gasteiger partial charge in [-0.15, -0.1) is 0 Å². The van der Waals surface area contributed by atoms with Gasteiger partial charge in [-0.1, -0.05) is 11.6 Å². The SMILES string of the molecule is Cn1ccc(C(=O)CN2C(=O)C(=O)c3cc(Cl)ccc32)c1. The van der Waals surface area contributed by atoms with Crippen LogP contribution in [-0.2, 0) is 11.8 Å². The molecule has 0 saturated heterocycles. The largest absolute Gasteiger partial charge is 0.357 e. The molecule has 0 unspecified atom stereocenters. The molecule has 0 spiro atoms. The van der Waals surface area contributed by atoms with Crippen molar-refractivity contribution in [2.24, 2.45) is 7.05 Å². The molecule has 2 heterocycles. The Morgan fingerprint density at radius 1 is 1.24 bits per heavy atom. The molecular formula is C15H11ClN2O3. The van der Waals surface area contributed by atoms with Gasteiger partial charge in [0.15, 0.2) is 5.78 Å². The van der Waals surface area contributed by atoms with E-state index in [0.717, 1.165) is 0 Å². The molecule has 0 radical (unpaired) electrons. The Morgan fingerprint density at radius 3 is 2.67 bits per heavy atom. The van der Waals surface area contributed by atoms with Crippen LogP contribution in [0.4, 0.5) is 5.69 Å². The van der Waals surface area contributed by atoms with Gasteiger partial charge in [-0.25, -0.2) is 0 Å². The lowest BCUT2D eigenvalue weighted by atomic mass is 10.1. The minimum absolute atomic E-state index is 0.163. The molecule has 1 amide bonds. The van der Waals surface area contributed by atoms with Crippen molar-refractivity contribution in [2.45, 2.75) is 0 Å². The zero-order chi connectivity index (χ0) is 15.1. The lowest BCUT2D eigenvalue weighted by molar-refractivity contribution is -0.114. The van der Waals surface area contributed by atoms with Crippen LogP contribution in [0.5, 0.6) is 0 Å². The van der Waals surface area contributed by atoms with Crippen molar-refractivity contribution in [3.05, 3.63) is 52.8 Å². The minimum atomic E-state index is -0.698. The number of nitrogens with zero attached hydrogens (tertiary/aromatic N) is 2. The smallest absolute Gasteiger partial charge is 0.299 e. The van der Waals surface area contributed by atoms with Crippen molar-refractivity contribution in [2.75, 3.05) is 11.4 Å². The standard InChI is InChI=1S/C15H11ClN2O3/c1-17-5-4-9(7-17)13(19)8-18-12-3-2-10(16)6-11(12)14(20)15(18)21/h2-7H,8H2,1H3. The topological polar surface area (TPSA) is 59.4 Å². The first-order valence-electron chi connectivity index (χ1n) is 6.28. The number of amides is 1. The van der Waals surface area contributed by atoms with Gasteiger partial charge in [0.2, 0.25) is 0 Å². The van der Waals surface area contributed by atoms with Gasteiger partial charge >= 0.3 is 0 Å². The van der Waals surface area contributed by atoms with E-state index in [4.69, 9.17) is 11.6 Å². The molecule has 1 aliphatic rings. The van der Waals surface area contributed by atoms with Gasteiger partial charge in [-0.2, -0.15) is 0 Å². The lowest BCUT2D eigenvalue weighted by Gasteiger charge is -2.15. The number of hydrogen-bond donors (Lipinski definition) is 0. The average Bonchev–Trinajstić information content (AvgIpc) is 2.97. The molecule has 2 aromatic rings. The molecule has 5 nitrogen and oxygen atoms in total. The predicted molar refractivity (Wildman–Crippen MR) is 77.9 cm³/mol. The Balaban J connectivity index is 1.92. The highest BCUT2D eigenvalue weighted by Crippen LogP contribution is 2.31. The zero-order valence-electron chi connectivity index (χ0n) is 11.2. The second-order valence-electron chi connectivity index (χ2n) is 4.87. The van der Waals surface area contributed by atoms with Crippen LogP contribution in [-0.4, -0.2) is 28.6 Å². The third-order valence-corrected chi connectivity index (χ3v) is 3.62. The zero-order valence-corrected chi connectivity index (χ0v) is 11.9. The maximum atomic E-state index is 12.2. The quantitative estimate of drug-likeness (QED) is 0.644. The number of carbonyl (C=O) groups excluding carboxylic acids is 3. The first kappa shape index (κ1) is 13.6. The minimum Gasteiger partial charge on any atom is -0.357 e. The molecule has 1 aromatic heterocycles. The molecule has 106 valence electrons. The van der Waals surface area contributed by atoms with E-state index in [0.29, 0.717) is 16.3 Å². The van der Waals surface area contributed by atoms with E-state index < -0.39 is 11.7 Å². The first-order chi connectivity index (χ1) is 9.97. The number of Topliss-reactive ketones (excluding diaryl/α,β-unsaturated/α-hetero) is 2. The summed E-state index contributed by atoms with van der Waals surface area (Å²) in [6.45, 7) is -0.163. The number of aryl methyl sites for hydroxylation is 1. The Hall–Kier alpha value is -2.40. The molecule has 0 fully saturated rings. The third-order valence-electron chi connectivity index (χ3n) is 3.39. The molecule has 1 aliphatic heterocycles. The summed E-state index contributed by atoms with van der Waals surface area (Å²) in [6.07, 6.45) is 3.42. The van der Waals surface area contributed by atoms with Crippen molar-refractivity contribution in [3.63, 3.8) is 0 Å². The molecule has 21 heavy (non-hydrogen) atoms. The summed E-state index contributed by atoms with van der Waals surface area (Å²) in [5.74, 6) is -1.55. The van der Waals surface area contributed by atoms with Crippen LogP contribution in [0, 0.1) is 0 Å². The predicted octanol–water partition coefficient (Wildman–Crippen LogP) is 2.09. The molecule has 3 rings (SSSR count). The summed E-state index contributed by atoms with van der Waals surface area (Å²) in [6, 6.07) is 6.29. The van der Waals surface area contributed by atoms with E-state index in [1.165, 1.54) is 11.0 Å². The van der Waals surface area contributed by atoms with Crippen LogP contribution >= 0.6 is 11.6 Å². The van der Waals surface area contributed by atoms with Crippen LogP contribution in [0.25, 0.3) is 0 Å². The molecular weight excluding hydrogens is 292 g/mol. The van der Waals surface area contributed by atoms with Gasteiger partial charge in [-0.05, 0) is 24.3 Å². The van der Waals surface area contributed by atoms with Crippen LogP contribution in [0.2, 0.25) is 5.02 Å². The highest BCUT2D eigenvalue weighted by molar-refractivity contribution is 6.53. The van der Waals surface area contributed by atoms with E-state index in [1.807, 2.05) is 0 Å². The van der Waals surface area contributed by atoms with E-state index in [9.17, 15) is 14.4 Å². The van der Waals surface area contributed by atoms with Crippen molar-refractivity contribution < 1.29 is 14.4 Å². The first-order valence-corrected chi connectivity index (χ1v) is 6.66. The second-order valence-corrected chi connectivity index (χ2v) is 5.31. The molecule has 1 aromatic carbocycles. The molecule has 6 heteroatoms. The fraction of sp³-hybridized carbons (Fsp3) is 0.133. The van der Waals surface area contributed by atoms with Gasteiger partial charge in [0.1, 0.15) is 0 Å². The lowest BCUT2D eigenvalue weighted by Crippen LogP contribution is -2.34. The van der Waals surface area contributed by atoms with Gasteiger partial charge in [0, 0.05) is 30.0 Å². The Bertz CT molecular complexity index is 779. The summed E-state index contributed by atoms with van der Waals surface area (Å²) in [5.41, 5.74) is 1.17. The van der Waals surface area contributed by atoms with Crippen molar-refractivity contribution in [1.82, 2.24) is 4.57 Å². The van der Waals surface area contributed by atoms with E-state index in [2.05, 4.69) is 0 Å². The summed E-state index contributed by atoms with van der Waals surface area (Å²) < 4.78 is 1.75. The number of carbonyl (C=O) groups is 3. The van der Waals surface area contributed by atoms with Crippen LogP contribution in [0.15, 0.2) is 36.7 Å². The van der Waals surface area contributed by atoms with Crippen molar-refractivity contribution in [1.29, 1.82) is 0 Å². The van der Waals surface area contributed by atoms with Gasteiger partial charge < -0.3 is 4.57 Å². The van der Waals surface area contributed by atoms with Crippen molar-refractivity contribution >= 4 is 34.8 Å². The second kappa shape index (κ2) is 4.86. The molecule has 0 N–H and O–H groups in total. The molecule has 0 aliphatic carbocycles. The van der Waals surface area contributed by atoms with Gasteiger partial charge in [-0.3, -0.25) is 19.3 Å². The monoisotopic (exact) mass is 302 g/mol. The Labute approximate surface area is 125 Å². The Morgan fingerprint density at radius 2 is 2.00 bits per heavy atom. The van der Waals surface area contributed by atoms with Crippen LogP contribution in [0.3, 0.4) is 0 Å². The van der Waals surface area contributed by atoms with Crippen molar-refractivity contribution in [3.8, 4) is 0 Å². The number of hydrogen-bond acceptors (Lipinski definition) is 3. The highest BCUT2D eigenvalue weighted by Gasteiger charge is 2.37. The number of benzene rings is 1. The number of rotatable bonds is 3. The third kappa shape index (κ3) is 2.25. The van der Waals surface area contributed by atoms with Crippen LogP contribution < -0.4 is 4.90 Å². The maximum absolute atomic E-state index is 12.2. The summed E-state index contributed by atoms with van der Waals surface area (Å²) in [7, 11) is 1.80. The van der Waals surface area contributed by atoms with E-state index >= 15 is 0 Å².